The quantitative estimate of drug-likeness (QED) is 0.497. The number of benzene rings is 2. The Balaban J connectivity index is 1.76. The van der Waals surface area contributed by atoms with Crippen molar-refractivity contribution >= 4 is 5.97 Å². The fourth-order valence-electron chi connectivity index (χ4n) is 4.23. The lowest BCUT2D eigenvalue weighted by molar-refractivity contribution is -0.141. The highest BCUT2D eigenvalue weighted by atomic mass is 16.5. The van der Waals surface area contributed by atoms with Gasteiger partial charge in [-0.3, -0.25) is 4.79 Å². The van der Waals surface area contributed by atoms with Gasteiger partial charge in [0, 0.05) is 18.9 Å². The molecule has 1 heterocycles. The molecule has 0 spiro atoms. The minimum absolute atomic E-state index is 0.0229. The summed E-state index contributed by atoms with van der Waals surface area (Å²) >= 11 is 0. The molecule has 1 saturated heterocycles. The van der Waals surface area contributed by atoms with E-state index in [4.69, 9.17) is 14.2 Å². The topological polar surface area (TPSA) is 48.0 Å². The zero-order valence-electron chi connectivity index (χ0n) is 17.6. The second kappa shape index (κ2) is 9.79. The average molecular weight is 398 g/mol. The fourth-order valence-corrected chi connectivity index (χ4v) is 4.23. The molecule has 0 atom stereocenters. The highest BCUT2D eigenvalue weighted by Crippen LogP contribution is 2.42. The predicted octanol–water partition coefficient (Wildman–Crippen LogP) is 4.04. The molecule has 0 aromatic heterocycles. The molecule has 1 aliphatic rings. The lowest BCUT2D eigenvalue weighted by Crippen LogP contribution is -2.43. The lowest BCUT2D eigenvalue weighted by atomic mass is 9.68. The first-order valence-electron chi connectivity index (χ1n) is 10.2. The number of nitrogens with zero attached hydrogens (tertiary/aromatic N) is 1. The van der Waals surface area contributed by atoms with Gasteiger partial charge < -0.3 is 19.1 Å². The molecular weight excluding hydrogens is 366 g/mol. The van der Waals surface area contributed by atoms with Gasteiger partial charge in [0.05, 0.1) is 20.8 Å². The number of piperidine rings is 1. The van der Waals surface area contributed by atoms with Crippen LogP contribution in [0.1, 0.15) is 37.3 Å². The Labute approximate surface area is 173 Å². The predicted molar refractivity (Wildman–Crippen MR) is 114 cm³/mol. The summed E-state index contributed by atoms with van der Waals surface area (Å²) in [6, 6.07) is 17.0. The Morgan fingerprint density at radius 3 is 1.79 bits per heavy atom. The largest absolute Gasteiger partial charge is 0.497 e. The summed E-state index contributed by atoms with van der Waals surface area (Å²) in [5.41, 5.74) is 2.62. The molecule has 0 aliphatic carbocycles. The number of likely N-dealkylation sites (tertiary alicyclic amines) is 1. The van der Waals surface area contributed by atoms with E-state index in [0.29, 0.717) is 6.61 Å². The van der Waals surface area contributed by atoms with Crippen LogP contribution in [-0.2, 0) is 14.9 Å². The minimum Gasteiger partial charge on any atom is -0.497 e. The summed E-state index contributed by atoms with van der Waals surface area (Å²) in [6.07, 6.45) is 2.95. The molecule has 5 nitrogen and oxygen atoms in total. The molecule has 5 heteroatoms. The Morgan fingerprint density at radius 2 is 1.38 bits per heavy atom. The van der Waals surface area contributed by atoms with Crippen molar-refractivity contribution in [2.45, 2.75) is 31.6 Å². The third kappa shape index (κ3) is 5.10. The number of esters is 1. The number of hydrogen-bond acceptors (Lipinski definition) is 5. The van der Waals surface area contributed by atoms with Crippen LogP contribution >= 0.6 is 0 Å². The van der Waals surface area contributed by atoms with Crippen molar-refractivity contribution in [3.05, 3.63) is 59.7 Å². The van der Waals surface area contributed by atoms with Gasteiger partial charge in [0.25, 0.3) is 0 Å². The van der Waals surface area contributed by atoms with Crippen LogP contribution in [0, 0.1) is 0 Å². The summed E-state index contributed by atoms with van der Waals surface area (Å²) in [7, 11) is 3.39. The number of carbonyl (C=O) groups is 1. The zero-order valence-corrected chi connectivity index (χ0v) is 17.6. The van der Waals surface area contributed by atoms with Crippen molar-refractivity contribution in [1.29, 1.82) is 0 Å². The normalized spacial score (nSPS) is 16.2. The van der Waals surface area contributed by atoms with E-state index >= 15 is 0 Å². The molecule has 0 saturated carbocycles. The van der Waals surface area contributed by atoms with Crippen LogP contribution in [0.3, 0.4) is 0 Å². The van der Waals surface area contributed by atoms with E-state index in [1.165, 1.54) is 18.1 Å². The molecule has 3 rings (SSSR count). The van der Waals surface area contributed by atoms with Gasteiger partial charge in [-0.1, -0.05) is 24.3 Å². The Morgan fingerprint density at radius 1 is 0.897 bits per heavy atom. The standard InChI is InChI=1S/C24H31NO4/c1-19(26)29-18-4-15-25-16-13-24(14-17-25,20-5-9-22(27-2)10-6-20)21-7-11-23(28-3)12-8-21/h5-12H,4,13-18H2,1-3H3. The lowest BCUT2D eigenvalue weighted by Gasteiger charge is -2.43. The second-order valence-electron chi connectivity index (χ2n) is 7.57. The molecule has 1 fully saturated rings. The van der Waals surface area contributed by atoms with Crippen LogP contribution in [-0.4, -0.2) is 51.3 Å². The maximum absolute atomic E-state index is 10.9. The molecular formula is C24H31NO4. The maximum Gasteiger partial charge on any atom is 0.302 e. The van der Waals surface area contributed by atoms with Gasteiger partial charge in [0.2, 0.25) is 0 Å². The van der Waals surface area contributed by atoms with Crippen molar-refractivity contribution in [3.8, 4) is 11.5 Å². The minimum atomic E-state index is -0.207. The first-order valence-corrected chi connectivity index (χ1v) is 10.2. The van der Waals surface area contributed by atoms with Gasteiger partial charge in [0.1, 0.15) is 11.5 Å². The summed E-state index contributed by atoms with van der Waals surface area (Å²) in [6.45, 7) is 4.93. The maximum atomic E-state index is 10.9. The molecule has 29 heavy (non-hydrogen) atoms. The summed E-state index contributed by atoms with van der Waals surface area (Å²) in [4.78, 5) is 13.4. The van der Waals surface area contributed by atoms with Gasteiger partial charge in [-0.05, 0) is 67.7 Å². The molecule has 0 N–H and O–H groups in total. The van der Waals surface area contributed by atoms with Crippen molar-refractivity contribution in [1.82, 2.24) is 4.90 Å². The van der Waals surface area contributed by atoms with E-state index in [2.05, 4.69) is 29.2 Å². The van der Waals surface area contributed by atoms with Crippen molar-refractivity contribution in [2.75, 3.05) is 40.5 Å². The van der Waals surface area contributed by atoms with Crippen LogP contribution in [0.15, 0.2) is 48.5 Å². The Kier molecular flexibility index (Phi) is 7.15. The van der Waals surface area contributed by atoms with Crippen LogP contribution in [0.5, 0.6) is 11.5 Å². The molecule has 0 unspecified atom stereocenters. The summed E-state index contributed by atoms with van der Waals surface area (Å²) < 4.78 is 15.8. The molecule has 2 aromatic carbocycles. The van der Waals surface area contributed by atoms with E-state index in [0.717, 1.165) is 50.4 Å². The third-order valence-electron chi connectivity index (χ3n) is 5.92. The summed E-state index contributed by atoms with van der Waals surface area (Å²) in [5, 5.41) is 0. The molecule has 0 radical (unpaired) electrons. The van der Waals surface area contributed by atoms with Gasteiger partial charge in [0.15, 0.2) is 0 Å². The molecule has 0 amide bonds. The smallest absolute Gasteiger partial charge is 0.302 e. The summed E-state index contributed by atoms with van der Waals surface area (Å²) in [5.74, 6) is 1.55. The number of carbonyl (C=O) groups excluding carboxylic acids is 1. The van der Waals surface area contributed by atoms with Crippen molar-refractivity contribution in [3.63, 3.8) is 0 Å². The van der Waals surface area contributed by atoms with Gasteiger partial charge in [-0.25, -0.2) is 0 Å². The number of hydrogen-bond donors (Lipinski definition) is 0. The second-order valence-corrected chi connectivity index (χ2v) is 7.57. The first-order chi connectivity index (χ1) is 14.1. The number of rotatable bonds is 8. The highest BCUT2D eigenvalue weighted by molar-refractivity contribution is 5.65. The highest BCUT2D eigenvalue weighted by Gasteiger charge is 2.37. The van der Waals surface area contributed by atoms with Gasteiger partial charge in [-0.15, -0.1) is 0 Å². The number of methoxy groups -OCH3 is 2. The third-order valence-corrected chi connectivity index (χ3v) is 5.92. The van der Waals surface area contributed by atoms with Crippen LogP contribution in [0.2, 0.25) is 0 Å². The van der Waals surface area contributed by atoms with Gasteiger partial charge >= 0.3 is 5.97 Å². The van der Waals surface area contributed by atoms with Crippen LogP contribution in [0.25, 0.3) is 0 Å². The molecule has 156 valence electrons. The van der Waals surface area contributed by atoms with E-state index in [9.17, 15) is 4.79 Å². The van der Waals surface area contributed by atoms with Crippen LogP contribution in [0.4, 0.5) is 0 Å². The number of ether oxygens (including phenoxy) is 3. The first kappa shape index (κ1) is 21.2. The van der Waals surface area contributed by atoms with Crippen molar-refractivity contribution in [2.24, 2.45) is 0 Å². The molecule has 2 aromatic rings. The average Bonchev–Trinajstić information content (AvgIpc) is 2.77. The van der Waals surface area contributed by atoms with E-state index in [-0.39, 0.29) is 11.4 Å². The SMILES string of the molecule is COc1ccc(C2(c3ccc(OC)cc3)CCN(CCCOC(C)=O)CC2)cc1. The van der Waals surface area contributed by atoms with Gasteiger partial charge in [-0.2, -0.15) is 0 Å². The Bertz CT molecular complexity index is 728. The van der Waals surface area contributed by atoms with Crippen molar-refractivity contribution < 1.29 is 19.0 Å². The monoisotopic (exact) mass is 397 g/mol. The molecule has 1 aliphatic heterocycles. The Hall–Kier alpha value is -2.53. The van der Waals surface area contributed by atoms with E-state index < -0.39 is 0 Å². The van der Waals surface area contributed by atoms with E-state index in [1.54, 1.807) is 14.2 Å². The molecule has 0 bridgehead atoms. The van der Waals surface area contributed by atoms with Crippen LogP contribution < -0.4 is 9.47 Å². The van der Waals surface area contributed by atoms with E-state index in [1.807, 2.05) is 24.3 Å². The zero-order chi connectivity index (χ0) is 20.7. The fraction of sp³-hybridized carbons (Fsp3) is 0.458.